The van der Waals surface area contributed by atoms with E-state index in [1.54, 1.807) is 0 Å². The lowest BCUT2D eigenvalue weighted by Crippen LogP contribution is -2.49. The molecule has 0 aliphatic carbocycles. The van der Waals surface area contributed by atoms with Gasteiger partial charge in [-0.15, -0.1) is 24.0 Å². The normalized spacial score (nSPS) is 19.9. The van der Waals surface area contributed by atoms with Crippen LogP contribution in [0.3, 0.4) is 0 Å². The molecule has 2 aliphatic rings. The van der Waals surface area contributed by atoms with E-state index in [1.165, 1.54) is 11.3 Å². The van der Waals surface area contributed by atoms with E-state index in [0.717, 1.165) is 51.5 Å². The Balaban J connectivity index is 0.00000192. The number of para-hydroxylation sites is 1. The number of halogens is 1. The second-order valence-corrected chi connectivity index (χ2v) is 7.20. The minimum atomic E-state index is 0. The first kappa shape index (κ1) is 18.9. The summed E-state index contributed by atoms with van der Waals surface area (Å²) >= 11 is 1.96. The summed E-state index contributed by atoms with van der Waals surface area (Å²) in [4.78, 5) is 6.82. The summed E-state index contributed by atoms with van der Waals surface area (Å²) in [6.07, 6.45) is 5.52. The lowest BCUT2D eigenvalue weighted by atomic mass is 9.99. The number of ether oxygens (including phenoxy) is 1. The molecule has 1 saturated heterocycles. The van der Waals surface area contributed by atoms with Crippen LogP contribution in [-0.2, 0) is 11.2 Å². The Morgan fingerprint density at radius 3 is 2.78 bits per heavy atom. The van der Waals surface area contributed by atoms with Gasteiger partial charge in [0.15, 0.2) is 5.96 Å². The molecule has 0 atom stereocenters. The van der Waals surface area contributed by atoms with Gasteiger partial charge < -0.3 is 15.0 Å². The summed E-state index contributed by atoms with van der Waals surface area (Å²) in [7, 11) is 1.87. The lowest BCUT2D eigenvalue weighted by Gasteiger charge is -2.37. The summed E-state index contributed by atoms with van der Waals surface area (Å²) in [6.45, 7) is 3.69. The molecule has 2 aliphatic heterocycles. The van der Waals surface area contributed by atoms with Gasteiger partial charge in [-0.2, -0.15) is 11.8 Å². The third-order valence-corrected chi connectivity index (χ3v) is 6.18. The molecule has 0 bridgehead atoms. The summed E-state index contributed by atoms with van der Waals surface area (Å²) in [5, 5.41) is 3.61. The Kier molecular flexibility index (Phi) is 7.03. The van der Waals surface area contributed by atoms with Crippen LogP contribution in [0.1, 0.15) is 18.4 Å². The largest absolute Gasteiger partial charge is 0.381 e. The Morgan fingerprint density at radius 2 is 2.09 bits per heavy atom. The molecule has 128 valence electrons. The number of hydrogen-bond acceptors (Lipinski definition) is 3. The topological polar surface area (TPSA) is 36.9 Å². The molecule has 4 nitrogen and oxygen atoms in total. The minimum Gasteiger partial charge on any atom is -0.381 e. The van der Waals surface area contributed by atoms with Crippen molar-refractivity contribution in [2.75, 3.05) is 44.5 Å². The number of benzene rings is 1. The first-order valence-electron chi connectivity index (χ1n) is 7.97. The molecule has 6 heteroatoms. The zero-order valence-corrected chi connectivity index (χ0v) is 17.0. The van der Waals surface area contributed by atoms with Crippen LogP contribution >= 0.6 is 35.7 Å². The van der Waals surface area contributed by atoms with Gasteiger partial charge in [-0.1, -0.05) is 18.2 Å². The molecular formula is C17H26IN3OS. The van der Waals surface area contributed by atoms with Crippen molar-refractivity contribution < 1.29 is 4.74 Å². The smallest absolute Gasteiger partial charge is 0.198 e. The van der Waals surface area contributed by atoms with E-state index >= 15 is 0 Å². The maximum atomic E-state index is 5.52. The Labute approximate surface area is 160 Å². The summed E-state index contributed by atoms with van der Waals surface area (Å²) in [5.41, 5.74) is 2.71. The highest BCUT2D eigenvalue weighted by Gasteiger charge is 2.33. The van der Waals surface area contributed by atoms with Gasteiger partial charge in [0.05, 0.1) is 0 Å². The van der Waals surface area contributed by atoms with Crippen LogP contribution in [0.4, 0.5) is 5.69 Å². The average Bonchev–Trinajstić information content (AvgIpc) is 3.01. The summed E-state index contributed by atoms with van der Waals surface area (Å²) in [5.74, 6) is 0.991. The molecule has 2 heterocycles. The van der Waals surface area contributed by atoms with Crippen molar-refractivity contribution in [1.29, 1.82) is 0 Å². The summed E-state index contributed by atoms with van der Waals surface area (Å²) in [6, 6.07) is 8.62. The number of guanidine groups is 1. The maximum Gasteiger partial charge on any atom is 0.198 e. The molecule has 0 amide bonds. The molecule has 1 fully saturated rings. The number of rotatable bonds is 3. The zero-order chi connectivity index (χ0) is 15.4. The predicted molar refractivity (Wildman–Crippen MR) is 111 cm³/mol. The van der Waals surface area contributed by atoms with E-state index in [9.17, 15) is 0 Å². The Hall–Kier alpha value is -0.470. The van der Waals surface area contributed by atoms with Crippen LogP contribution in [0.2, 0.25) is 0 Å². The molecule has 0 saturated carbocycles. The number of thioether (sulfide) groups is 1. The average molecular weight is 447 g/mol. The highest BCUT2D eigenvalue weighted by atomic mass is 127. The van der Waals surface area contributed by atoms with Crippen molar-refractivity contribution >= 4 is 47.4 Å². The SMILES string of the molecule is CN=C(NCC1(SC)CCOCC1)N1CCc2ccccc21.I. The first-order valence-corrected chi connectivity index (χ1v) is 9.19. The molecule has 1 aromatic carbocycles. The fourth-order valence-corrected chi connectivity index (χ4v) is 4.08. The highest BCUT2D eigenvalue weighted by Crippen LogP contribution is 2.33. The maximum absolute atomic E-state index is 5.52. The number of aliphatic imine (C=N–C) groups is 1. The first-order chi connectivity index (χ1) is 10.8. The molecule has 0 unspecified atom stereocenters. The van der Waals surface area contributed by atoms with E-state index < -0.39 is 0 Å². The van der Waals surface area contributed by atoms with Crippen LogP contribution in [0.5, 0.6) is 0 Å². The van der Waals surface area contributed by atoms with Gasteiger partial charge in [0.25, 0.3) is 0 Å². The number of hydrogen-bond donors (Lipinski definition) is 1. The van der Waals surface area contributed by atoms with Gasteiger partial charge >= 0.3 is 0 Å². The van der Waals surface area contributed by atoms with Crippen LogP contribution in [0, 0.1) is 0 Å². The zero-order valence-electron chi connectivity index (χ0n) is 13.9. The van der Waals surface area contributed by atoms with Crippen molar-refractivity contribution in [3.63, 3.8) is 0 Å². The number of anilines is 1. The van der Waals surface area contributed by atoms with Gasteiger partial charge in [-0.3, -0.25) is 4.99 Å². The molecule has 1 aromatic rings. The van der Waals surface area contributed by atoms with Crippen molar-refractivity contribution in [2.24, 2.45) is 4.99 Å². The van der Waals surface area contributed by atoms with Gasteiger partial charge in [0, 0.05) is 43.8 Å². The van der Waals surface area contributed by atoms with Crippen molar-refractivity contribution in [1.82, 2.24) is 5.32 Å². The fourth-order valence-electron chi connectivity index (χ4n) is 3.29. The molecule has 3 rings (SSSR count). The van der Waals surface area contributed by atoms with Gasteiger partial charge in [0.1, 0.15) is 0 Å². The Morgan fingerprint density at radius 1 is 1.35 bits per heavy atom. The fraction of sp³-hybridized carbons (Fsp3) is 0.588. The second kappa shape index (κ2) is 8.58. The minimum absolute atomic E-state index is 0. The molecular weight excluding hydrogens is 421 g/mol. The van der Waals surface area contributed by atoms with Gasteiger partial charge in [-0.25, -0.2) is 0 Å². The van der Waals surface area contributed by atoms with E-state index in [0.29, 0.717) is 0 Å². The third kappa shape index (κ3) is 4.14. The van der Waals surface area contributed by atoms with Crippen LogP contribution in [0.25, 0.3) is 0 Å². The number of nitrogens with one attached hydrogen (secondary N) is 1. The van der Waals surface area contributed by atoms with Crippen LogP contribution in [-0.4, -0.2) is 50.3 Å². The van der Waals surface area contributed by atoms with Crippen LogP contribution in [0.15, 0.2) is 29.3 Å². The lowest BCUT2D eigenvalue weighted by molar-refractivity contribution is 0.0783. The number of fused-ring (bicyclic) bond motifs is 1. The van der Waals surface area contributed by atoms with Crippen LogP contribution < -0.4 is 10.2 Å². The van der Waals surface area contributed by atoms with Gasteiger partial charge in [0.2, 0.25) is 0 Å². The Bertz CT molecular complexity index is 546. The van der Waals surface area contributed by atoms with Crippen molar-refractivity contribution in [3.05, 3.63) is 29.8 Å². The monoisotopic (exact) mass is 447 g/mol. The second-order valence-electron chi connectivity index (χ2n) is 5.93. The quantitative estimate of drug-likeness (QED) is 0.439. The van der Waals surface area contributed by atoms with Crippen molar-refractivity contribution in [3.8, 4) is 0 Å². The van der Waals surface area contributed by atoms with Crippen molar-refractivity contribution in [2.45, 2.75) is 24.0 Å². The van der Waals surface area contributed by atoms with Gasteiger partial charge in [-0.05, 0) is 37.1 Å². The van der Waals surface area contributed by atoms with E-state index in [4.69, 9.17) is 4.74 Å². The molecule has 0 aromatic heterocycles. The highest BCUT2D eigenvalue weighted by molar-refractivity contribution is 14.0. The molecule has 1 N–H and O–H groups in total. The predicted octanol–water partition coefficient (Wildman–Crippen LogP) is 3.15. The molecule has 23 heavy (non-hydrogen) atoms. The summed E-state index contributed by atoms with van der Waals surface area (Å²) < 4.78 is 5.80. The molecule has 0 spiro atoms. The van der Waals surface area contributed by atoms with E-state index in [-0.39, 0.29) is 28.7 Å². The van der Waals surface area contributed by atoms with E-state index in [1.807, 2.05) is 18.8 Å². The number of nitrogens with zero attached hydrogens (tertiary/aromatic N) is 2. The van der Waals surface area contributed by atoms with E-state index in [2.05, 4.69) is 45.7 Å². The standard InChI is InChI=1S/C17H25N3OS.HI/c1-18-16(19-13-17(22-2)8-11-21-12-9-17)20-10-7-14-5-3-4-6-15(14)20;/h3-6H,7-13H2,1-2H3,(H,18,19);1H. The third-order valence-electron chi connectivity index (χ3n) is 4.76. The molecule has 0 radical (unpaired) electrons.